The van der Waals surface area contributed by atoms with Crippen molar-refractivity contribution in [1.29, 1.82) is 0 Å². The van der Waals surface area contributed by atoms with Crippen molar-refractivity contribution in [2.75, 3.05) is 26.7 Å². The summed E-state index contributed by atoms with van der Waals surface area (Å²) in [6.07, 6.45) is 2.45. The summed E-state index contributed by atoms with van der Waals surface area (Å²) in [6, 6.07) is 7.81. The summed E-state index contributed by atoms with van der Waals surface area (Å²) in [5.74, 6) is 0.704. The first-order valence-electron chi connectivity index (χ1n) is 8.13. The molecule has 7 heteroatoms. The number of amides is 1. The van der Waals surface area contributed by atoms with E-state index in [9.17, 15) is 4.79 Å². The van der Waals surface area contributed by atoms with Crippen LogP contribution in [0.25, 0.3) is 0 Å². The molecule has 3 rings (SSSR count). The van der Waals surface area contributed by atoms with Gasteiger partial charge in [0.05, 0.1) is 18.8 Å². The van der Waals surface area contributed by atoms with E-state index in [2.05, 4.69) is 19.8 Å². The number of carbonyl (C=O) groups excluding carboxylic acids is 1. The molecule has 24 heavy (non-hydrogen) atoms. The number of aryl methyl sites for hydroxylation is 1. The van der Waals surface area contributed by atoms with Gasteiger partial charge in [-0.3, -0.25) is 4.79 Å². The van der Waals surface area contributed by atoms with Gasteiger partial charge in [-0.05, 0) is 62.1 Å². The number of ether oxygens (including phenoxy) is 1. The van der Waals surface area contributed by atoms with Gasteiger partial charge in [-0.15, -0.1) is 5.10 Å². The normalized spacial score (nSPS) is 16.1. The molecule has 0 unspecified atom stereocenters. The molecule has 1 amide bonds. The second kappa shape index (κ2) is 7.72. The molecule has 2 heterocycles. The Morgan fingerprint density at radius 1 is 1.33 bits per heavy atom. The van der Waals surface area contributed by atoms with Gasteiger partial charge in [0.25, 0.3) is 5.91 Å². The van der Waals surface area contributed by atoms with Crippen molar-refractivity contribution in [3.05, 3.63) is 40.4 Å². The van der Waals surface area contributed by atoms with Crippen LogP contribution in [-0.4, -0.2) is 47.1 Å². The van der Waals surface area contributed by atoms with Crippen LogP contribution in [0.3, 0.4) is 0 Å². The van der Waals surface area contributed by atoms with Crippen LogP contribution in [0.2, 0.25) is 0 Å². The number of carbonyl (C=O) groups is 1. The number of nitrogens with zero attached hydrogens (tertiary/aromatic N) is 3. The zero-order valence-electron chi connectivity index (χ0n) is 14.0. The maximum Gasteiger partial charge on any atom is 0.265 e. The van der Waals surface area contributed by atoms with E-state index < -0.39 is 0 Å². The summed E-state index contributed by atoms with van der Waals surface area (Å²) >= 11 is 1.14. The van der Waals surface area contributed by atoms with Crippen LogP contribution in [0, 0.1) is 6.92 Å². The number of likely N-dealkylation sites (tertiary alicyclic amines) is 1. The fourth-order valence-corrected chi connectivity index (χ4v) is 3.52. The first kappa shape index (κ1) is 16.9. The van der Waals surface area contributed by atoms with E-state index >= 15 is 0 Å². The highest BCUT2D eigenvalue weighted by Crippen LogP contribution is 2.22. The molecule has 0 bridgehead atoms. The first-order valence-corrected chi connectivity index (χ1v) is 8.91. The number of benzene rings is 1. The standard InChI is InChI=1S/C17H22N4O2S/c1-12-16(24-20-19-12)17(22)18-15(11-21-9-3-4-10-21)13-5-7-14(23-2)8-6-13/h5-8,15H,3-4,9-11H2,1-2H3,(H,18,22)/t15-/m0/s1. The summed E-state index contributed by atoms with van der Waals surface area (Å²) < 4.78 is 9.08. The van der Waals surface area contributed by atoms with Crippen molar-refractivity contribution in [1.82, 2.24) is 19.8 Å². The Balaban J connectivity index is 1.77. The zero-order chi connectivity index (χ0) is 16.9. The smallest absolute Gasteiger partial charge is 0.265 e. The van der Waals surface area contributed by atoms with Gasteiger partial charge in [0.1, 0.15) is 10.6 Å². The van der Waals surface area contributed by atoms with Crippen LogP contribution in [0.15, 0.2) is 24.3 Å². The van der Waals surface area contributed by atoms with Gasteiger partial charge in [0.2, 0.25) is 0 Å². The van der Waals surface area contributed by atoms with Gasteiger partial charge in [0, 0.05) is 6.54 Å². The summed E-state index contributed by atoms with van der Waals surface area (Å²) in [6.45, 7) is 4.79. The van der Waals surface area contributed by atoms with Crippen LogP contribution in [0.1, 0.15) is 39.8 Å². The molecular weight excluding hydrogens is 324 g/mol. The summed E-state index contributed by atoms with van der Waals surface area (Å²) in [4.78, 5) is 15.6. The quantitative estimate of drug-likeness (QED) is 0.870. The van der Waals surface area contributed by atoms with Crippen LogP contribution >= 0.6 is 11.5 Å². The van der Waals surface area contributed by atoms with Gasteiger partial charge < -0.3 is 15.0 Å². The Hall–Kier alpha value is -1.99. The van der Waals surface area contributed by atoms with E-state index in [1.54, 1.807) is 14.0 Å². The van der Waals surface area contributed by atoms with Crippen molar-refractivity contribution in [2.45, 2.75) is 25.8 Å². The van der Waals surface area contributed by atoms with Gasteiger partial charge in [-0.2, -0.15) is 0 Å². The molecule has 2 aromatic rings. The van der Waals surface area contributed by atoms with Crippen LogP contribution < -0.4 is 10.1 Å². The molecule has 1 fully saturated rings. The summed E-state index contributed by atoms with van der Waals surface area (Å²) in [7, 11) is 1.65. The molecule has 1 atom stereocenters. The lowest BCUT2D eigenvalue weighted by molar-refractivity contribution is 0.0930. The van der Waals surface area contributed by atoms with Gasteiger partial charge in [-0.25, -0.2) is 0 Å². The van der Waals surface area contributed by atoms with E-state index in [0.717, 1.165) is 42.5 Å². The Morgan fingerprint density at radius 2 is 2.04 bits per heavy atom. The fraction of sp³-hybridized carbons (Fsp3) is 0.471. The second-order valence-electron chi connectivity index (χ2n) is 5.99. The van der Waals surface area contributed by atoms with E-state index in [-0.39, 0.29) is 11.9 Å². The van der Waals surface area contributed by atoms with Crippen molar-refractivity contribution in [3.63, 3.8) is 0 Å². The van der Waals surface area contributed by atoms with E-state index in [1.165, 1.54) is 12.8 Å². The molecule has 0 saturated carbocycles. The molecule has 1 saturated heterocycles. The van der Waals surface area contributed by atoms with E-state index in [0.29, 0.717) is 10.6 Å². The molecule has 0 spiro atoms. The maximum atomic E-state index is 12.6. The maximum absolute atomic E-state index is 12.6. The molecule has 0 radical (unpaired) electrons. The first-order chi connectivity index (χ1) is 11.7. The Bertz CT molecular complexity index is 680. The van der Waals surface area contributed by atoms with Crippen LogP contribution in [0.4, 0.5) is 0 Å². The van der Waals surface area contributed by atoms with Crippen molar-refractivity contribution >= 4 is 17.4 Å². The summed E-state index contributed by atoms with van der Waals surface area (Å²) in [5.41, 5.74) is 1.75. The second-order valence-corrected chi connectivity index (χ2v) is 6.75. The third-order valence-electron chi connectivity index (χ3n) is 4.32. The molecule has 1 aliphatic rings. The number of hydrogen-bond acceptors (Lipinski definition) is 6. The highest BCUT2D eigenvalue weighted by atomic mass is 32.1. The average Bonchev–Trinajstić information content (AvgIpc) is 3.26. The van der Waals surface area contributed by atoms with Gasteiger partial charge in [-0.1, -0.05) is 16.6 Å². The van der Waals surface area contributed by atoms with Crippen LogP contribution in [-0.2, 0) is 0 Å². The Labute approximate surface area is 146 Å². The van der Waals surface area contributed by atoms with Crippen molar-refractivity contribution < 1.29 is 9.53 Å². The van der Waals surface area contributed by atoms with Crippen molar-refractivity contribution in [3.8, 4) is 5.75 Å². The minimum atomic E-state index is -0.109. The van der Waals surface area contributed by atoms with Crippen molar-refractivity contribution in [2.24, 2.45) is 0 Å². The molecule has 6 nitrogen and oxygen atoms in total. The lowest BCUT2D eigenvalue weighted by atomic mass is 10.1. The highest BCUT2D eigenvalue weighted by Gasteiger charge is 2.23. The molecule has 1 aromatic carbocycles. The van der Waals surface area contributed by atoms with Crippen LogP contribution in [0.5, 0.6) is 5.75 Å². The Kier molecular flexibility index (Phi) is 5.42. The molecule has 1 aliphatic heterocycles. The van der Waals surface area contributed by atoms with E-state index in [1.807, 2.05) is 24.3 Å². The van der Waals surface area contributed by atoms with Gasteiger partial charge >= 0.3 is 0 Å². The number of aromatic nitrogens is 2. The molecule has 1 N–H and O–H groups in total. The number of nitrogens with one attached hydrogen (secondary N) is 1. The fourth-order valence-electron chi connectivity index (χ4n) is 2.96. The molecular formula is C17H22N4O2S. The Morgan fingerprint density at radius 3 is 2.62 bits per heavy atom. The minimum absolute atomic E-state index is 0.0667. The third kappa shape index (κ3) is 3.91. The number of rotatable bonds is 6. The monoisotopic (exact) mass is 346 g/mol. The van der Waals surface area contributed by atoms with Gasteiger partial charge in [0.15, 0.2) is 0 Å². The number of methoxy groups -OCH3 is 1. The third-order valence-corrected chi connectivity index (χ3v) is 5.15. The zero-order valence-corrected chi connectivity index (χ0v) is 14.8. The SMILES string of the molecule is COc1ccc([C@H](CN2CCCC2)NC(=O)c2snnc2C)cc1. The number of hydrogen-bond donors (Lipinski definition) is 1. The lowest BCUT2D eigenvalue weighted by Gasteiger charge is -2.25. The largest absolute Gasteiger partial charge is 0.497 e. The predicted octanol–water partition coefficient (Wildman–Crippen LogP) is 2.42. The molecule has 1 aromatic heterocycles. The molecule has 128 valence electrons. The summed E-state index contributed by atoms with van der Waals surface area (Å²) in [5, 5.41) is 7.07. The highest BCUT2D eigenvalue weighted by molar-refractivity contribution is 7.08. The topological polar surface area (TPSA) is 67.3 Å². The van der Waals surface area contributed by atoms with E-state index in [4.69, 9.17) is 4.74 Å². The minimum Gasteiger partial charge on any atom is -0.497 e. The average molecular weight is 346 g/mol. The predicted molar refractivity (Wildman–Crippen MR) is 93.5 cm³/mol. The molecule has 0 aliphatic carbocycles. The lowest BCUT2D eigenvalue weighted by Crippen LogP contribution is -2.37.